The monoisotopic (exact) mass is 1090 g/mol. The Labute approximate surface area is 463 Å². The first kappa shape index (κ1) is 53.9. The quantitative estimate of drug-likeness (QED) is 0.123. The van der Waals surface area contributed by atoms with Crippen molar-refractivity contribution >= 4 is 76.7 Å². The molecule has 3 N–H and O–H groups in total. The molecule has 2 aliphatic carbocycles. The van der Waals surface area contributed by atoms with E-state index < -0.39 is 17.8 Å². The third kappa shape index (κ3) is 11.4. The summed E-state index contributed by atoms with van der Waals surface area (Å²) in [6.07, 6.45) is 12.2. The minimum absolute atomic E-state index is 0.140. The van der Waals surface area contributed by atoms with Crippen LogP contribution >= 0.6 is 23.2 Å². The summed E-state index contributed by atoms with van der Waals surface area (Å²) in [5, 5.41) is 27.3. The van der Waals surface area contributed by atoms with Gasteiger partial charge in [0, 0.05) is 94.6 Å². The van der Waals surface area contributed by atoms with Gasteiger partial charge in [-0.1, -0.05) is 47.5 Å². The van der Waals surface area contributed by atoms with Gasteiger partial charge in [-0.15, -0.1) is 0 Å². The van der Waals surface area contributed by atoms with Crippen molar-refractivity contribution in [2.75, 3.05) is 57.7 Å². The molecule has 4 atom stereocenters. The van der Waals surface area contributed by atoms with Crippen LogP contribution in [-0.2, 0) is 18.8 Å². The minimum atomic E-state index is -0.914. The molecular formula is C59H62Cl2N12O5. The maximum absolute atomic E-state index is 13.0. The van der Waals surface area contributed by atoms with E-state index in [-0.39, 0.29) is 24.2 Å². The van der Waals surface area contributed by atoms with Gasteiger partial charge < -0.3 is 39.2 Å². The van der Waals surface area contributed by atoms with Crippen LogP contribution in [0.1, 0.15) is 101 Å². The summed E-state index contributed by atoms with van der Waals surface area (Å²) in [5.74, 6) is 0. The topological polar surface area (TPSA) is 183 Å². The number of carbonyl (C=O) groups is 2. The summed E-state index contributed by atoms with van der Waals surface area (Å²) in [7, 11) is 3.73. The lowest BCUT2D eigenvalue weighted by Crippen LogP contribution is -2.51. The number of aromatic nitrogens is 6. The van der Waals surface area contributed by atoms with E-state index in [1.807, 2.05) is 146 Å². The number of hydrogen-bond donors (Lipinski definition) is 3. The van der Waals surface area contributed by atoms with Gasteiger partial charge in [-0.05, 0) is 145 Å². The number of pyridine rings is 2. The first-order chi connectivity index (χ1) is 37.5. The summed E-state index contributed by atoms with van der Waals surface area (Å²) in [6.45, 7) is 14.0. The van der Waals surface area contributed by atoms with Gasteiger partial charge in [0.15, 0.2) is 0 Å². The van der Waals surface area contributed by atoms with Gasteiger partial charge in [0.05, 0.1) is 65.6 Å². The molecule has 17 nitrogen and oxygen atoms in total. The number of piperazine rings is 2. The van der Waals surface area contributed by atoms with Crippen LogP contribution in [0.2, 0.25) is 10.0 Å². The normalized spacial score (nSPS) is 18.2. The highest BCUT2D eigenvalue weighted by Crippen LogP contribution is 2.46. The smallest absolute Gasteiger partial charge is 0.410 e. The Hall–Kier alpha value is -7.51. The molecule has 0 saturated carbocycles. The molecule has 402 valence electrons. The van der Waals surface area contributed by atoms with Gasteiger partial charge in [-0.3, -0.25) is 24.8 Å². The van der Waals surface area contributed by atoms with E-state index in [1.54, 1.807) is 42.3 Å². The maximum atomic E-state index is 13.0. The lowest BCUT2D eigenvalue weighted by Gasteiger charge is -2.40. The number of ether oxygens (including phenoxy) is 1. The Kier molecular flexibility index (Phi) is 15.8. The molecule has 19 heteroatoms. The van der Waals surface area contributed by atoms with Crippen LogP contribution in [0.25, 0.3) is 23.3 Å². The highest BCUT2D eigenvalue weighted by Gasteiger charge is 2.38. The van der Waals surface area contributed by atoms with Crippen LogP contribution in [0.4, 0.5) is 21.0 Å². The molecule has 0 radical (unpaired) electrons. The SMILES string of the molecule is C=Nc1ccc(NC(=O)N2CCN(C3c4ccc(Cl)cc4C(C(O)c4cncn4C)=Cc4cccnc43)CC2)cc1.Cn1cncc1C(O)C1=Cc2cccnc2C(N2CCN(C(=O)OC(C)(C)C)CC2)c2ccc(Cl)cc21. The van der Waals surface area contributed by atoms with E-state index in [0.29, 0.717) is 79.5 Å². The second-order valence-corrected chi connectivity index (χ2v) is 21.6. The fourth-order valence-electron chi connectivity index (χ4n) is 10.7. The van der Waals surface area contributed by atoms with Gasteiger partial charge in [0.2, 0.25) is 0 Å². The van der Waals surface area contributed by atoms with Crippen LogP contribution in [0, 0.1) is 0 Å². The number of urea groups is 1. The zero-order valence-corrected chi connectivity index (χ0v) is 45.7. The van der Waals surface area contributed by atoms with Crippen molar-refractivity contribution in [1.82, 2.24) is 48.7 Å². The number of carbonyl (C=O) groups excluding carboxylic acids is 2. The Morgan fingerprint density at radius 1 is 0.679 bits per heavy atom. The highest BCUT2D eigenvalue weighted by atomic mass is 35.5. The molecule has 11 rings (SSSR count). The lowest BCUT2D eigenvalue weighted by atomic mass is 9.91. The number of aryl methyl sites for hydroxylation is 2. The molecule has 0 bridgehead atoms. The molecule has 6 heterocycles. The number of hydrogen-bond acceptors (Lipinski definition) is 12. The van der Waals surface area contributed by atoms with Crippen molar-refractivity contribution in [3.63, 3.8) is 0 Å². The summed E-state index contributed by atoms with van der Waals surface area (Å²) in [4.78, 5) is 55.9. The molecule has 7 aromatic rings. The second-order valence-electron chi connectivity index (χ2n) is 20.7. The first-order valence-corrected chi connectivity index (χ1v) is 26.6. The summed E-state index contributed by atoms with van der Waals surface area (Å²) in [5.41, 5.74) is 11.2. The Bertz CT molecular complexity index is 3410. The number of fused-ring (bicyclic) bond motifs is 4. The number of imidazole rings is 2. The number of amides is 3. The third-order valence-corrected chi connectivity index (χ3v) is 15.1. The summed E-state index contributed by atoms with van der Waals surface area (Å²) in [6, 6.07) is 26.3. The van der Waals surface area contributed by atoms with Gasteiger partial charge in [-0.25, -0.2) is 19.6 Å². The maximum Gasteiger partial charge on any atom is 0.410 e. The average Bonchev–Trinajstić information content (AvgIpc) is 4.15. The van der Waals surface area contributed by atoms with E-state index in [1.165, 1.54) is 0 Å². The van der Waals surface area contributed by atoms with E-state index in [2.05, 4.69) is 36.8 Å². The number of nitrogens with zero attached hydrogens (tertiary/aromatic N) is 11. The van der Waals surface area contributed by atoms with Crippen molar-refractivity contribution in [2.24, 2.45) is 19.1 Å². The molecule has 4 unspecified atom stereocenters. The van der Waals surface area contributed by atoms with Crippen molar-refractivity contribution < 1.29 is 24.5 Å². The predicted molar refractivity (Wildman–Crippen MR) is 304 cm³/mol. The largest absolute Gasteiger partial charge is 0.444 e. The van der Waals surface area contributed by atoms with Crippen molar-refractivity contribution in [2.45, 2.75) is 50.7 Å². The van der Waals surface area contributed by atoms with Crippen molar-refractivity contribution in [1.29, 1.82) is 0 Å². The van der Waals surface area contributed by atoms with E-state index >= 15 is 0 Å². The van der Waals surface area contributed by atoms with E-state index in [0.717, 1.165) is 61.6 Å². The molecule has 3 amide bonds. The third-order valence-electron chi connectivity index (χ3n) is 14.6. The Morgan fingerprint density at radius 2 is 1.14 bits per heavy atom. The number of aliphatic hydroxyl groups excluding tert-OH is 2. The van der Waals surface area contributed by atoms with E-state index in [9.17, 15) is 19.8 Å². The number of halogens is 2. The number of rotatable bonds is 8. The zero-order chi connectivity index (χ0) is 54.8. The van der Waals surface area contributed by atoms with Crippen LogP contribution in [-0.4, -0.2) is 136 Å². The predicted octanol–water partition coefficient (Wildman–Crippen LogP) is 10.0. The first-order valence-electron chi connectivity index (χ1n) is 25.8. The van der Waals surface area contributed by atoms with Crippen LogP contribution in [0.3, 0.4) is 0 Å². The molecule has 2 saturated heterocycles. The van der Waals surface area contributed by atoms with Gasteiger partial charge in [-0.2, -0.15) is 0 Å². The van der Waals surface area contributed by atoms with Crippen LogP contribution in [0.15, 0.2) is 127 Å². The number of anilines is 1. The molecule has 2 fully saturated rings. The van der Waals surface area contributed by atoms with Crippen LogP contribution < -0.4 is 5.32 Å². The second kappa shape index (κ2) is 22.8. The van der Waals surface area contributed by atoms with Crippen LogP contribution in [0.5, 0.6) is 0 Å². The van der Waals surface area contributed by atoms with Crippen molar-refractivity contribution in [3.8, 4) is 0 Å². The average molecular weight is 1090 g/mol. The molecule has 4 aromatic heterocycles. The molecule has 4 aliphatic rings. The number of aliphatic hydroxyl groups is 2. The van der Waals surface area contributed by atoms with E-state index in [4.69, 9.17) is 37.9 Å². The summed E-state index contributed by atoms with van der Waals surface area (Å²) < 4.78 is 9.22. The van der Waals surface area contributed by atoms with Gasteiger partial charge in [0.1, 0.15) is 17.8 Å². The number of aliphatic imine (C=N–C) groups is 1. The number of nitrogens with one attached hydrogen (secondary N) is 1. The highest BCUT2D eigenvalue weighted by molar-refractivity contribution is 6.31. The minimum Gasteiger partial charge on any atom is -0.444 e. The van der Waals surface area contributed by atoms with Crippen molar-refractivity contribution in [3.05, 3.63) is 189 Å². The Morgan fingerprint density at radius 3 is 1.56 bits per heavy atom. The fourth-order valence-corrected chi connectivity index (χ4v) is 11.0. The molecule has 0 spiro atoms. The molecule has 2 aliphatic heterocycles. The zero-order valence-electron chi connectivity index (χ0n) is 44.2. The Balaban J connectivity index is 0.000000177. The van der Waals surface area contributed by atoms with Gasteiger partial charge >= 0.3 is 12.1 Å². The number of benzene rings is 3. The van der Waals surface area contributed by atoms with Gasteiger partial charge in [0.25, 0.3) is 0 Å². The molecular weight excluding hydrogens is 1030 g/mol. The standard InChI is InChI=1S/C31H30ClN7O2.C28H32ClN5O3/c1-33-22-6-8-23(9-7-22)36-31(41)39-14-12-38(13-15-39)29-24-10-5-21(32)17-25(24)26(16-20-4-3-11-35-28(20)29)30(40)27-18-34-19-37(27)2;1-28(2,3)37-27(36)34-12-10-33(11-13-34)25-20-8-7-19(29)15-21(20)22(14-18-6-5-9-31-24(18)25)26(35)23-16-30-17-32(23)4/h3-11,16-19,29-30,40H,1,12-15H2,2H3,(H,36,41);5-9,14-17,25-26,35H,10-13H2,1-4H3. The lowest BCUT2D eigenvalue weighted by molar-refractivity contribution is 0.0117. The molecule has 78 heavy (non-hydrogen) atoms. The summed E-state index contributed by atoms with van der Waals surface area (Å²) >= 11 is 13.0. The molecule has 3 aromatic carbocycles. The fraction of sp³-hybridized carbons (Fsp3) is 0.305.